The van der Waals surface area contributed by atoms with Crippen LogP contribution in [0.15, 0.2) is 30.3 Å². The summed E-state index contributed by atoms with van der Waals surface area (Å²) in [5, 5.41) is 14.3. The van der Waals surface area contributed by atoms with Gasteiger partial charge in [0.05, 0.1) is 19.3 Å². The molecule has 3 N–H and O–H groups in total. The molecule has 1 aromatic rings. The number of amides is 2. The molecule has 1 aliphatic heterocycles. The first kappa shape index (κ1) is 14.3. The van der Waals surface area contributed by atoms with Crippen molar-refractivity contribution in [3.63, 3.8) is 0 Å². The van der Waals surface area contributed by atoms with E-state index in [9.17, 15) is 9.59 Å². The second-order valence-electron chi connectivity index (χ2n) is 4.72. The zero-order valence-corrected chi connectivity index (χ0v) is 11.0. The number of carbonyl (C=O) groups excluding carboxylic acids is 1. The van der Waals surface area contributed by atoms with Gasteiger partial charge in [0.2, 0.25) is 0 Å². The Morgan fingerprint density at radius 1 is 1.25 bits per heavy atom. The maximum absolute atomic E-state index is 11.7. The third-order valence-electron chi connectivity index (χ3n) is 3.26. The van der Waals surface area contributed by atoms with Crippen molar-refractivity contribution in [1.29, 1.82) is 0 Å². The molecule has 1 heterocycles. The fourth-order valence-electron chi connectivity index (χ4n) is 2.12. The highest BCUT2D eigenvalue weighted by Gasteiger charge is 2.34. The van der Waals surface area contributed by atoms with E-state index in [0.29, 0.717) is 6.54 Å². The van der Waals surface area contributed by atoms with E-state index in [4.69, 9.17) is 9.84 Å². The molecule has 108 valence electrons. The maximum Gasteiger partial charge on any atom is 0.315 e. The highest BCUT2D eigenvalue weighted by Crippen LogP contribution is 2.13. The molecular formula is C14H18N2O4. The van der Waals surface area contributed by atoms with Crippen LogP contribution in [0.4, 0.5) is 4.79 Å². The van der Waals surface area contributed by atoms with Gasteiger partial charge >= 0.3 is 12.0 Å². The Hall–Kier alpha value is -2.08. The predicted molar refractivity (Wildman–Crippen MR) is 72.4 cm³/mol. The molecule has 1 fully saturated rings. The van der Waals surface area contributed by atoms with Gasteiger partial charge < -0.3 is 20.5 Å². The van der Waals surface area contributed by atoms with Gasteiger partial charge in [-0.05, 0) is 12.0 Å². The lowest BCUT2D eigenvalue weighted by Gasteiger charge is -2.16. The average molecular weight is 278 g/mol. The first-order valence-electron chi connectivity index (χ1n) is 6.55. The zero-order chi connectivity index (χ0) is 14.4. The molecule has 6 heteroatoms. The van der Waals surface area contributed by atoms with Gasteiger partial charge in [0.15, 0.2) is 0 Å². The lowest BCUT2D eigenvalue weighted by Crippen LogP contribution is -2.47. The van der Waals surface area contributed by atoms with Crippen molar-refractivity contribution in [2.75, 3.05) is 19.8 Å². The second kappa shape index (κ2) is 6.91. The quantitative estimate of drug-likeness (QED) is 0.737. The van der Waals surface area contributed by atoms with E-state index in [1.54, 1.807) is 0 Å². The van der Waals surface area contributed by atoms with Crippen LogP contribution in [0.25, 0.3) is 0 Å². The van der Waals surface area contributed by atoms with Crippen LogP contribution in [0, 0.1) is 5.92 Å². The third-order valence-corrected chi connectivity index (χ3v) is 3.26. The minimum atomic E-state index is -0.947. The SMILES string of the molecule is O=C(NCCc1ccccc1)NC1COCC1C(=O)O. The average Bonchev–Trinajstić information content (AvgIpc) is 2.88. The number of hydrogen-bond acceptors (Lipinski definition) is 3. The van der Waals surface area contributed by atoms with Gasteiger partial charge in [0.1, 0.15) is 5.92 Å². The third kappa shape index (κ3) is 3.96. The second-order valence-corrected chi connectivity index (χ2v) is 4.72. The molecular weight excluding hydrogens is 260 g/mol. The summed E-state index contributed by atoms with van der Waals surface area (Å²) in [6, 6.07) is 8.99. The van der Waals surface area contributed by atoms with Gasteiger partial charge in [0, 0.05) is 6.54 Å². The van der Waals surface area contributed by atoms with Crippen LogP contribution in [0.2, 0.25) is 0 Å². The summed E-state index contributed by atoms with van der Waals surface area (Å²) in [5.74, 6) is -1.62. The molecule has 20 heavy (non-hydrogen) atoms. The lowest BCUT2D eigenvalue weighted by atomic mass is 10.0. The lowest BCUT2D eigenvalue weighted by molar-refractivity contribution is -0.142. The summed E-state index contributed by atoms with van der Waals surface area (Å²) in [4.78, 5) is 22.6. The molecule has 0 radical (unpaired) electrons. The normalized spacial score (nSPS) is 21.4. The highest BCUT2D eigenvalue weighted by molar-refractivity contribution is 5.77. The summed E-state index contributed by atoms with van der Waals surface area (Å²) in [6.45, 7) is 0.883. The minimum absolute atomic E-state index is 0.143. The Kier molecular flexibility index (Phi) is 4.95. The summed E-state index contributed by atoms with van der Waals surface area (Å²) in [7, 11) is 0. The number of nitrogens with one attached hydrogen (secondary N) is 2. The molecule has 0 spiro atoms. The fourth-order valence-corrected chi connectivity index (χ4v) is 2.12. The molecule has 1 saturated heterocycles. The van der Waals surface area contributed by atoms with Gasteiger partial charge in [-0.25, -0.2) is 4.79 Å². The monoisotopic (exact) mass is 278 g/mol. The molecule has 0 saturated carbocycles. The van der Waals surface area contributed by atoms with Gasteiger partial charge in [-0.3, -0.25) is 4.79 Å². The van der Waals surface area contributed by atoms with Crippen molar-refractivity contribution in [2.45, 2.75) is 12.5 Å². The minimum Gasteiger partial charge on any atom is -0.481 e. The van der Waals surface area contributed by atoms with Gasteiger partial charge in [-0.15, -0.1) is 0 Å². The van der Waals surface area contributed by atoms with Crippen molar-refractivity contribution in [2.24, 2.45) is 5.92 Å². The van der Waals surface area contributed by atoms with E-state index in [2.05, 4.69) is 10.6 Å². The first-order valence-corrected chi connectivity index (χ1v) is 6.55. The Labute approximate surface area is 117 Å². The highest BCUT2D eigenvalue weighted by atomic mass is 16.5. The van der Waals surface area contributed by atoms with Crippen LogP contribution in [0.1, 0.15) is 5.56 Å². The number of benzene rings is 1. The number of rotatable bonds is 5. The van der Waals surface area contributed by atoms with Crippen molar-refractivity contribution in [1.82, 2.24) is 10.6 Å². The number of hydrogen-bond donors (Lipinski definition) is 3. The summed E-state index contributed by atoms with van der Waals surface area (Å²) in [5.41, 5.74) is 1.14. The smallest absolute Gasteiger partial charge is 0.315 e. The standard InChI is InChI=1S/C14H18N2O4/c17-13(18)11-8-20-9-12(11)16-14(19)15-7-6-10-4-2-1-3-5-10/h1-5,11-12H,6-9H2,(H,17,18)(H2,15,16,19). The summed E-state index contributed by atoms with van der Waals surface area (Å²) < 4.78 is 5.08. The fraction of sp³-hybridized carbons (Fsp3) is 0.429. The largest absolute Gasteiger partial charge is 0.481 e. The molecule has 2 rings (SSSR count). The van der Waals surface area contributed by atoms with Crippen LogP contribution in [-0.2, 0) is 16.0 Å². The van der Waals surface area contributed by atoms with Crippen LogP contribution >= 0.6 is 0 Å². The Balaban J connectivity index is 1.71. The number of carbonyl (C=O) groups is 2. The molecule has 0 bridgehead atoms. The molecule has 2 amide bonds. The van der Waals surface area contributed by atoms with Crippen LogP contribution in [-0.4, -0.2) is 42.9 Å². The molecule has 0 aliphatic carbocycles. The Bertz CT molecular complexity index is 464. The summed E-state index contributed by atoms with van der Waals surface area (Å²) >= 11 is 0. The van der Waals surface area contributed by atoms with Crippen LogP contribution < -0.4 is 10.6 Å². The van der Waals surface area contributed by atoms with Crippen molar-refractivity contribution in [3.8, 4) is 0 Å². The van der Waals surface area contributed by atoms with Crippen LogP contribution in [0.5, 0.6) is 0 Å². The van der Waals surface area contributed by atoms with Gasteiger partial charge in [0.25, 0.3) is 0 Å². The Morgan fingerprint density at radius 3 is 2.70 bits per heavy atom. The molecule has 6 nitrogen and oxygen atoms in total. The number of ether oxygens (including phenoxy) is 1. The van der Waals surface area contributed by atoms with Gasteiger partial charge in [-0.1, -0.05) is 30.3 Å². The van der Waals surface area contributed by atoms with E-state index in [1.165, 1.54) is 0 Å². The molecule has 1 aliphatic rings. The van der Waals surface area contributed by atoms with E-state index >= 15 is 0 Å². The predicted octanol–water partition coefficient (Wildman–Crippen LogP) is 0.628. The van der Waals surface area contributed by atoms with E-state index in [0.717, 1.165) is 12.0 Å². The zero-order valence-electron chi connectivity index (χ0n) is 11.0. The maximum atomic E-state index is 11.7. The van der Waals surface area contributed by atoms with Crippen LogP contribution in [0.3, 0.4) is 0 Å². The number of carboxylic acids is 1. The van der Waals surface area contributed by atoms with Crippen molar-refractivity contribution < 1.29 is 19.4 Å². The molecule has 0 aromatic heterocycles. The number of carboxylic acid groups (broad SMARTS) is 1. The van der Waals surface area contributed by atoms with E-state index < -0.39 is 17.9 Å². The molecule has 2 atom stereocenters. The van der Waals surface area contributed by atoms with Gasteiger partial charge in [-0.2, -0.15) is 0 Å². The molecule has 2 unspecified atom stereocenters. The van der Waals surface area contributed by atoms with E-state index in [1.807, 2.05) is 30.3 Å². The number of urea groups is 1. The Morgan fingerprint density at radius 2 is 2.00 bits per heavy atom. The summed E-state index contributed by atoms with van der Waals surface area (Å²) in [6.07, 6.45) is 0.734. The topological polar surface area (TPSA) is 87.7 Å². The molecule has 1 aromatic carbocycles. The number of aliphatic carboxylic acids is 1. The van der Waals surface area contributed by atoms with Crippen molar-refractivity contribution in [3.05, 3.63) is 35.9 Å². The van der Waals surface area contributed by atoms with Crippen molar-refractivity contribution >= 4 is 12.0 Å². The first-order chi connectivity index (χ1) is 9.66. The van der Waals surface area contributed by atoms with E-state index in [-0.39, 0.29) is 19.2 Å².